The van der Waals surface area contributed by atoms with Gasteiger partial charge in [-0.25, -0.2) is 0 Å². The molecular formula is C20H15ClN2O3. The number of benzene rings is 3. The van der Waals surface area contributed by atoms with Gasteiger partial charge in [0.2, 0.25) is 0 Å². The van der Waals surface area contributed by atoms with Crippen LogP contribution >= 0.6 is 11.6 Å². The van der Waals surface area contributed by atoms with E-state index in [1.807, 2.05) is 18.2 Å². The fraction of sp³-hybridized carbons (Fsp3) is 0. The molecule has 0 saturated heterocycles. The fourth-order valence-electron chi connectivity index (χ4n) is 2.38. The third kappa shape index (κ3) is 4.02. The van der Waals surface area contributed by atoms with Crippen molar-refractivity contribution in [3.05, 3.63) is 88.9 Å². The quantitative estimate of drug-likeness (QED) is 0.698. The Morgan fingerprint density at radius 2 is 1.58 bits per heavy atom. The first kappa shape index (κ1) is 17.5. The third-order valence-electron chi connectivity index (χ3n) is 3.60. The number of ether oxygens (including phenoxy) is 1. The van der Waals surface area contributed by atoms with Crippen molar-refractivity contribution in [3.8, 4) is 11.5 Å². The molecule has 0 unspecified atom stereocenters. The van der Waals surface area contributed by atoms with Crippen LogP contribution in [0.5, 0.6) is 11.5 Å². The number of para-hydroxylation sites is 2. The van der Waals surface area contributed by atoms with Gasteiger partial charge in [0.25, 0.3) is 11.8 Å². The maximum Gasteiger partial charge on any atom is 0.259 e. The monoisotopic (exact) mass is 366 g/mol. The molecule has 2 amide bonds. The molecule has 0 spiro atoms. The lowest BCUT2D eigenvalue weighted by Crippen LogP contribution is -2.18. The number of anilines is 1. The predicted molar refractivity (Wildman–Crippen MR) is 101 cm³/mol. The van der Waals surface area contributed by atoms with Crippen molar-refractivity contribution in [3.63, 3.8) is 0 Å². The van der Waals surface area contributed by atoms with Crippen LogP contribution < -0.4 is 15.8 Å². The molecule has 0 fully saturated rings. The second kappa shape index (κ2) is 7.72. The molecule has 0 atom stereocenters. The molecule has 0 aliphatic heterocycles. The van der Waals surface area contributed by atoms with E-state index in [1.54, 1.807) is 42.5 Å². The molecule has 3 N–H and O–H groups in total. The lowest BCUT2D eigenvalue weighted by molar-refractivity contribution is 0.100. The Bertz CT molecular complexity index is 958. The van der Waals surface area contributed by atoms with Crippen LogP contribution in [0.1, 0.15) is 20.7 Å². The number of carbonyl (C=O) groups is 2. The average Bonchev–Trinajstić information content (AvgIpc) is 2.64. The van der Waals surface area contributed by atoms with Crippen molar-refractivity contribution in [2.75, 3.05) is 5.32 Å². The lowest BCUT2D eigenvalue weighted by atomic mass is 10.1. The van der Waals surface area contributed by atoms with Crippen molar-refractivity contribution < 1.29 is 14.3 Å². The molecule has 0 aliphatic carbocycles. The molecule has 0 heterocycles. The maximum absolute atomic E-state index is 12.7. The van der Waals surface area contributed by atoms with E-state index >= 15 is 0 Å². The number of primary amides is 1. The van der Waals surface area contributed by atoms with Crippen LogP contribution in [-0.2, 0) is 0 Å². The summed E-state index contributed by atoms with van der Waals surface area (Å²) in [5.74, 6) is -0.110. The van der Waals surface area contributed by atoms with E-state index in [9.17, 15) is 9.59 Å². The zero-order chi connectivity index (χ0) is 18.5. The standard InChI is InChI=1S/C20H15ClN2O3/c21-13-10-11-17(16(12-13)19(22)24)23-20(25)15-8-4-5-9-18(15)26-14-6-2-1-3-7-14/h1-12H,(H2,22,24)(H,23,25). The highest BCUT2D eigenvalue weighted by Crippen LogP contribution is 2.27. The molecule has 0 aliphatic rings. The van der Waals surface area contributed by atoms with E-state index in [1.165, 1.54) is 12.1 Å². The van der Waals surface area contributed by atoms with Gasteiger partial charge in [0.15, 0.2) is 0 Å². The SMILES string of the molecule is NC(=O)c1cc(Cl)ccc1NC(=O)c1ccccc1Oc1ccccc1. The number of rotatable bonds is 5. The molecule has 26 heavy (non-hydrogen) atoms. The molecule has 130 valence electrons. The van der Waals surface area contributed by atoms with Gasteiger partial charge in [-0.2, -0.15) is 0 Å². The summed E-state index contributed by atoms with van der Waals surface area (Å²) >= 11 is 5.89. The first-order valence-electron chi connectivity index (χ1n) is 7.77. The Morgan fingerprint density at radius 1 is 0.885 bits per heavy atom. The smallest absolute Gasteiger partial charge is 0.259 e. The van der Waals surface area contributed by atoms with E-state index in [2.05, 4.69) is 5.32 Å². The highest BCUT2D eigenvalue weighted by Gasteiger charge is 2.16. The number of amides is 2. The van der Waals surface area contributed by atoms with Gasteiger partial charge in [-0.1, -0.05) is 41.9 Å². The summed E-state index contributed by atoms with van der Waals surface area (Å²) in [6.45, 7) is 0. The van der Waals surface area contributed by atoms with Crippen LogP contribution in [0.25, 0.3) is 0 Å². The van der Waals surface area contributed by atoms with Gasteiger partial charge in [0.05, 0.1) is 16.8 Å². The summed E-state index contributed by atoms with van der Waals surface area (Å²) in [4.78, 5) is 24.3. The van der Waals surface area contributed by atoms with Gasteiger partial charge in [-0.05, 0) is 42.5 Å². The van der Waals surface area contributed by atoms with Crippen molar-refractivity contribution in [2.24, 2.45) is 5.73 Å². The zero-order valence-corrected chi connectivity index (χ0v) is 14.4. The molecule has 0 radical (unpaired) electrons. The molecule has 3 aromatic rings. The summed E-state index contributed by atoms with van der Waals surface area (Å²) in [5.41, 5.74) is 6.09. The number of carbonyl (C=O) groups excluding carboxylic acids is 2. The van der Waals surface area contributed by atoms with Crippen LogP contribution in [0.4, 0.5) is 5.69 Å². The second-order valence-electron chi connectivity index (χ2n) is 5.42. The Balaban J connectivity index is 1.89. The number of hydrogen-bond donors (Lipinski definition) is 2. The predicted octanol–water partition coefficient (Wildman–Crippen LogP) is 4.48. The van der Waals surface area contributed by atoms with Gasteiger partial charge in [-0.15, -0.1) is 0 Å². The number of halogens is 1. The average molecular weight is 367 g/mol. The minimum atomic E-state index is -0.684. The summed E-state index contributed by atoms with van der Waals surface area (Å²) in [6, 6.07) is 20.5. The Hall–Kier alpha value is -3.31. The molecule has 0 saturated carbocycles. The second-order valence-corrected chi connectivity index (χ2v) is 5.86. The number of hydrogen-bond acceptors (Lipinski definition) is 3. The summed E-state index contributed by atoms with van der Waals surface area (Å²) in [7, 11) is 0. The van der Waals surface area contributed by atoms with E-state index in [4.69, 9.17) is 22.1 Å². The van der Waals surface area contributed by atoms with Gasteiger partial charge in [0, 0.05) is 5.02 Å². The van der Waals surface area contributed by atoms with Crippen LogP contribution in [0.2, 0.25) is 5.02 Å². The summed E-state index contributed by atoms with van der Waals surface area (Å²) in [5, 5.41) is 3.03. The Labute approximate surface area is 155 Å². The molecule has 0 aromatic heterocycles. The molecule has 3 rings (SSSR count). The van der Waals surface area contributed by atoms with Crippen LogP contribution in [-0.4, -0.2) is 11.8 Å². The minimum Gasteiger partial charge on any atom is -0.457 e. The van der Waals surface area contributed by atoms with Crippen LogP contribution in [0.3, 0.4) is 0 Å². The Kier molecular flexibility index (Phi) is 5.20. The molecule has 5 nitrogen and oxygen atoms in total. The van der Waals surface area contributed by atoms with Gasteiger partial charge in [0.1, 0.15) is 11.5 Å². The fourth-order valence-corrected chi connectivity index (χ4v) is 2.55. The van der Waals surface area contributed by atoms with E-state index in [0.29, 0.717) is 22.1 Å². The Morgan fingerprint density at radius 3 is 2.31 bits per heavy atom. The van der Waals surface area contributed by atoms with Crippen molar-refractivity contribution in [2.45, 2.75) is 0 Å². The summed E-state index contributed by atoms with van der Waals surface area (Å²) < 4.78 is 5.79. The van der Waals surface area contributed by atoms with E-state index < -0.39 is 11.8 Å². The zero-order valence-electron chi connectivity index (χ0n) is 13.6. The molecule has 6 heteroatoms. The number of nitrogens with two attached hydrogens (primary N) is 1. The largest absolute Gasteiger partial charge is 0.457 e. The van der Waals surface area contributed by atoms with Crippen molar-refractivity contribution in [1.29, 1.82) is 0 Å². The third-order valence-corrected chi connectivity index (χ3v) is 3.83. The number of nitrogens with one attached hydrogen (secondary N) is 1. The highest BCUT2D eigenvalue weighted by atomic mass is 35.5. The lowest BCUT2D eigenvalue weighted by Gasteiger charge is -2.13. The molecular weight excluding hydrogens is 352 g/mol. The summed E-state index contributed by atoms with van der Waals surface area (Å²) in [6.07, 6.45) is 0. The first-order valence-corrected chi connectivity index (χ1v) is 8.15. The van der Waals surface area contributed by atoms with Gasteiger partial charge >= 0.3 is 0 Å². The molecule has 3 aromatic carbocycles. The van der Waals surface area contributed by atoms with Crippen molar-refractivity contribution in [1.82, 2.24) is 0 Å². The first-order chi connectivity index (χ1) is 12.5. The van der Waals surface area contributed by atoms with Crippen LogP contribution in [0, 0.1) is 0 Å². The van der Waals surface area contributed by atoms with Crippen LogP contribution in [0.15, 0.2) is 72.8 Å². The van der Waals surface area contributed by atoms with Gasteiger partial charge < -0.3 is 15.8 Å². The maximum atomic E-state index is 12.7. The van der Waals surface area contributed by atoms with E-state index in [-0.39, 0.29) is 11.3 Å². The molecule has 0 bridgehead atoms. The van der Waals surface area contributed by atoms with Gasteiger partial charge in [-0.3, -0.25) is 9.59 Å². The van der Waals surface area contributed by atoms with E-state index in [0.717, 1.165) is 0 Å². The minimum absolute atomic E-state index is 0.132. The highest BCUT2D eigenvalue weighted by molar-refractivity contribution is 6.31. The normalized spacial score (nSPS) is 10.2. The topological polar surface area (TPSA) is 81.4 Å². The van der Waals surface area contributed by atoms with Crippen molar-refractivity contribution >= 4 is 29.1 Å².